The number of nitrogens with zero attached hydrogens (tertiary/aromatic N) is 7. The number of alkyl halides is 4. The smallest absolute Gasteiger partial charge is 0.399 e. The van der Waals surface area contributed by atoms with Gasteiger partial charge in [0.15, 0.2) is 5.69 Å². The van der Waals surface area contributed by atoms with E-state index in [2.05, 4.69) is 41.8 Å². The number of likely N-dealkylation sites (tertiary alicyclic amines) is 1. The molecule has 1 aliphatic heterocycles. The van der Waals surface area contributed by atoms with Gasteiger partial charge < -0.3 is 15.1 Å². The lowest BCUT2D eigenvalue weighted by molar-refractivity contribution is -0.137. The maximum Gasteiger partial charge on any atom is 0.399 e. The first kappa shape index (κ1) is 28.4. The molecule has 17 heteroatoms. The number of primary amides is 1. The molecule has 4 rings (SSSR count). The Morgan fingerprint density at radius 3 is 2.67 bits per heavy atom. The first-order chi connectivity index (χ1) is 18.9. The van der Waals surface area contributed by atoms with E-state index in [4.69, 9.17) is 17.3 Å². The van der Waals surface area contributed by atoms with Crippen LogP contribution in [-0.2, 0) is 21.5 Å². The van der Waals surface area contributed by atoms with Crippen LogP contribution in [0.25, 0.3) is 11.6 Å². The predicted molar refractivity (Wildman–Crippen MR) is 133 cm³/mol. The van der Waals surface area contributed by atoms with E-state index in [9.17, 15) is 27.6 Å². The van der Waals surface area contributed by atoms with Gasteiger partial charge in [-0.2, -0.15) is 24.1 Å². The van der Waals surface area contributed by atoms with Crippen molar-refractivity contribution < 1.29 is 32.0 Å². The summed E-state index contributed by atoms with van der Waals surface area (Å²) in [7, 11) is 0. The lowest BCUT2D eigenvalue weighted by atomic mass is 10.0. The van der Waals surface area contributed by atoms with Gasteiger partial charge in [0.05, 0.1) is 18.9 Å². The quantitative estimate of drug-likeness (QED) is 0.284. The number of aromatic nitrogens is 6. The highest BCUT2D eigenvalue weighted by Crippen LogP contribution is 2.32. The summed E-state index contributed by atoms with van der Waals surface area (Å²) in [5.41, 5.74) is 7.30. The molecule has 0 saturated carbocycles. The van der Waals surface area contributed by atoms with E-state index in [0.717, 1.165) is 4.90 Å². The van der Waals surface area contributed by atoms with Crippen LogP contribution in [0.15, 0.2) is 35.5 Å². The molecule has 3 aromatic heterocycles. The molecule has 1 fully saturated rings. The molecular weight excluding hydrogens is 559 g/mol. The van der Waals surface area contributed by atoms with Gasteiger partial charge in [-0.1, -0.05) is 17.8 Å². The molecule has 3 amide bonds. The fraction of sp³-hybridized carbons (Fsp3) is 0.304. The van der Waals surface area contributed by atoms with Crippen molar-refractivity contribution in [3.8, 4) is 0 Å². The molecular formula is C23H21ClF3N9O4. The summed E-state index contributed by atoms with van der Waals surface area (Å²) in [6, 6.07) is -0.356. The van der Waals surface area contributed by atoms with Gasteiger partial charge in [-0.3, -0.25) is 24.4 Å². The van der Waals surface area contributed by atoms with E-state index in [1.165, 1.54) is 23.2 Å². The number of halogens is 4. The number of nitrogens with one attached hydrogen (secondary N) is 1. The third-order valence-corrected chi connectivity index (χ3v) is 6.14. The average Bonchev–Trinajstić information content (AvgIpc) is 3.61. The number of rotatable bonds is 9. The minimum atomic E-state index is -3.96. The monoisotopic (exact) mass is 579 g/mol. The van der Waals surface area contributed by atoms with Crippen molar-refractivity contribution in [2.75, 3.05) is 11.9 Å². The number of carbonyl (C=O) groups is 3. The molecule has 2 unspecified atom stereocenters. The van der Waals surface area contributed by atoms with Crippen LogP contribution >= 0.6 is 11.6 Å². The van der Waals surface area contributed by atoms with Crippen molar-refractivity contribution in [1.29, 1.82) is 0 Å². The summed E-state index contributed by atoms with van der Waals surface area (Å²) < 4.78 is 46.4. The van der Waals surface area contributed by atoms with E-state index < -0.39 is 60.3 Å². The van der Waals surface area contributed by atoms with Gasteiger partial charge >= 0.3 is 17.3 Å². The summed E-state index contributed by atoms with van der Waals surface area (Å²) in [4.78, 5) is 39.1. The molecule has 0 radical (unpaired) electrons. The predicted octanol–water partition coefficient (Wildman–Crippen LogP) is 2.06. The second kappa shape index (κ2) is 11.3. The molecule has 3 aromatic rings. The summed E-state index contributed by atoms with van der Waals surface area (Å²) in [6.45, 7) is 4.47. The zero-order chi connectivity index (χ0) is 29.2. The van der Waals surface area contributed by atoms with Crippen LogP contribution in [0.5, 0.6) is 0 Å². The molecule has 0 bridgehead atoms. The SMILES string of the molecule is C=C/C(=C\c1c(C(N)=O)nn(CC(=O)N2CC(F)CC2C(=O)Nc2nnc(C(F)(F)Cl)o2)c1C)c1ccnnc1. The van der Waals surface area contributed by atoms with Gasteiger partial charge in [-0.15, -0.1) is 5.10 Å². The largest absolute Gasteiger partial charge is 0.400 e. The lowest BCUT2D eigenvalue weighted by Crippen LogP contribution is -2.44. The average molecular weight is 580 g/mol. The van der Waals surface area contributed by atoms with Crippen molar-refractivity contribution >= 4 is 47.0 Å². The van der Waals surface area contributed by atoms with Crippen molar-refractivity contribution in [3.05, 3.63) is 59.5 Å². The van der Waals surface area contributed by atoms with E-state index >= 15 is 0 Å². The molecule has 1 aliphatic rings. The number of anilines is 1. The highest BCUT2D eigenvalue weighted by atomic mass is 35.5. The number of allylic oxidation sites excluding steroid dienone is 2. The van der Waals surface area contributed by atoms with Gasteiger partial charge in [0.25, 0.3) is 11.8 Å². The van der Waals surface area contributed by atoms with E-state index in [1.54, 1.807) is 19.1 Å². The van der Waals surface area contributed by atoms with Crippen LogP contribution in [0.4, 0.5) is 19.2 Å². The standard InChI is InChI=1S/C23H21ClF3N9O4/c1-3-12(13-4-5-29-30-8-13)6-15-11(2)36(34-18(15)19(28)38)10-17(37)35-9-14(25)7-16(35)20(39)31-22-33-32-21(40-22)23(24,26)27/h3-6,8,14,16H,1,7,9-10H2,2H3,(H2,28,38)(H,31,33,39)/b12-6+. The van der Waals surface area contributed by atoms with E-state index in [0.29, 0.717) is 22.4 Å². The fourth-order valence-electron chi connectivity index (χ4n) is 4.05. The maximum absolute atomic E-state index is 14.3. The number of hydrogen-bond donors (Lipinski definition) is 2. The number of nitrogens with two attached hydrogens (primary N) is 1. The molecule has 0 aromatic carbocycles. The zero-order valence-corrected chi connectivity index (χ0v) is 21.5. The van der Waals surface area contributed by atoms with E-state index in [1.807, 2.05) is 0 Å². The highest BCUT2D eigenvalue weighted by molar-refractivity contribution is 6.21. The Balaban J connectivity index is 1.56. The number of amides is 3. The van der Waals surface area contributed by atoms with Crippen LogP contribution in [0.1, 0.15) is 39.6 Å². The topological polar surface area (TPSA) is 175 Å². The molecule has 2 atom stereocenters. The van der Waals surface area contributed by atoms with Crippen LogP contribution in [0, 0.1) is 6.92 Å². The second-order valence-corrected chi connectivity index (χ2v) is 9.07. The normalized spacial score (nSPS) is 17.6. The Kier molecular flexibility index (Phi) is 7.99. The maximum atomic E-state index is 14.3. The molecule has 3 N–H and O–H groups in total. The van der Waals surface area contributed by atoms with Gasteiger partial charge in [-0.05, 0) is 36.2 Å². The summed E-state index contributed by atoms with van der Waals surface area (Å²) in [5, 5.41) is 16.1. The summed E-state index contributed by atoms with van der Waals surface area (Å²) in [6.07, 6.45) is 4.17. The molecule has 4 heterocycles. The molecule has 0 aliphatic carbocycles. The number of hydrogen-bond acceptors (Lipinski definition) is 9. The third-order valence-electron chi connectivity index (χ3n) is 5.98. The summed E-state index contributed by atoms with van der Waals surface area (Å²) in [5.74, 6) is -3.77. The van der Waals surface area contributed by atoms with Crippen molar-refractivity contribution in [2.45, 2.75) is 37.5 Å². The van der Waals surface area contributed by atoms with Crippen molar-refractivity contribution in [3.63, 3.8) is 0 Å². The van der Waals surface area contributed by atoms with Crippen LogP contribution in [-0.4, -0.2) is 71.6 Å². The Bertz CT molecular complexity index is 1490. The van der Waals surface area contributed by atoms with Crippen LogP contribution in [0.3, 0.4) is 0 Å². The summed E-state index contributed by atoms with van der Waals surface area (Å²) >= 11 is 4.81. The Labute approximate surface area is 228 Å². The van der Waals surface area contributed by atoms with Gasteiger partial charge in [0.1, 0.15) is 18.8 Å². The Morgan fingerprint density at radius 2 is 2.08 bits per heavy atom. The third kappa shape index (κ3) is 6.01. The molecule has 210 valence electrons. The number of carbonyl (C=O) groups excluding carboxylic acids is 3. The van der Waals surface area contributed by atoms with Crippen molar-refractivity contribution in [2.24, 2.45) is 5.73 Å². The van der Waals surface area contributed by atoms with Gasteiger partial charge in [0.2, 0.25) is 5.91 Å². The minimum Gasteiger partial charge on any atom is -0.400 e. The fourth-order valence-corrected chi connectivity index (χ4v) is 4.13. The molecule has 1 saturated heterocycles. The first-order valence-electron chi connectivity index (χ1n) is 11.5. The van der Waals surface area contributed by atoms with E-state index in [-0.39, 0.29) is 12.1 Å². The Morgan fingerprint density at radius 1 is 1.32 bits per heavy atom. The zero-order valence-electron chi connectivity index (χ0n) is 20.7. The minimum absolute atomic E-state index is 0.131. The molecule has 40 heavy (non-hydrogen) atoms. The van der Waals surface area contributed by atoms with Crippen LogP contribution in [0.2, 0.25) is 0 Å². The Hall–Kier alpha value is -4.60. The lowest BCUT2D eigenvalue weighted by Gasteiger charge is -2.23. The first-order valence-corrected chi connectivity index (χ1v) is 11.9. The second-order valence-electron chi connectivity index (χ2n) is 8.60. The van der Waals surface area contributed by atoms with Gasteiger partial charge in [-0.25, -0.2) is 4.39 Å². The molecule has 0 spiro atoms. The molecule has 13 nitrogen and oxygen atoms in total. The van der Waals surface area contributed by atoms with Crippen molar-refractivity contribution in [1.82, 2.24) is 35.1 Å². The van der Waals surface area contributed by atoms with Gasteiger partial charge in [0, 0.05) is 23.2 Å². The van der Waals surface area contributed by atoms with Crippen LogP contribution < -0.4 is 11.1 Å². The highest BCUT2D eigenvalue weighted by Gasteiger charge is 2.41.